The molecular formula is C29H28FNO5. The number of benzene rings is 3. The first kappa shape index (κ1) is 25.0. The van der Waals surface area contributed by atoms with Gasteiger partial charge in [-0.25, -0.2) is 9.18 Å². The third-order valence-corrected chi connectivity index (χ3v) is 6.26. The van der Waals surface area contributed by atoms with Crippen molar-refractivity contribution >= 4 is 11.9 Å². The summed E-state index contributed by atoms with van der Waals surface area (Å²) in [6.07, 6.45) is 0.0404. The molecule has 0 saturated carbocycles. The van der Waals surface area contributed by atoms with Crippen molar-refractivity contribution in [2.24, 2.45) is 0 Å². The van der Waals surface area contributed by atoms with Gasteiger partial charge in [-0.15, -0.1) is 0 Å². The summed E-state index contributed by atoms with van der Waals surface area (Å²) in [7, 11) is 3.09. The summed E-state index contributed by atoms with van der Waals surface area (Å²) in [6, 6.07) is 20.8. The van der Waals surface area contributed by atoms with Crippen LogP contribution in [0.1, 0.15) is 36.0 Å². The fourth-order valence-electron chi connectivity index (χ4n) is 4.40. The molecule has 0 aliphatic carbocycles. The molecule has 4 rings (SSSR count). The van der Waals surface area contributed by atoms with Gasteiger partial charge in [0.05, 0.1) is 26.3 Å². The molecule has 1 amide bonds. The quantitative estimate of drug-likeness (QED) is 0.398. The number of hydrogen-bond donors (Lipinski definition) is 0. The Kier molecular flexibility index (Phi) is 7.68. The molecule has 186 valence electrons. The Labute approximate surface area is 209 Å². The number of carbonyl (C=O) groups is 2. The van der Waals surface area contributed by atoms with Gasteiger partial charge >= 0.3 is 5.97 Å². The first-order valence-corrected chi connectivity index (χ1v) is 11.6. The number of carbonyl (C=O) groups excluding carboxylic acids is 2. The van der Waals surface area contributed by atoms with E-state index in [1.807, 2.05) is 30.3 Å². The summed E-state index contributed by atoms with van der Waals surface area (Å²) >= 11 is 0. The van der Waals surface area contributed by atoms with Crippen molar-refractivity contribution in [1.82, 2.24) is 4.90 Å². The highest BCUT2D eigenvalue weighted by molar-refractivity contribution is 5.96. The largest absolute Gasteiger partial charge is 0.497 e. The van der Waals surface area contributed by atoms with Crippen molar-refractivity contribution in [3.63, 3.8) is 0 Å². The standard InChI is InChI=1S/C29H28FNO5/c1-19-28(29(33)36-18-20-8-5-4-6-9-20)26(22-13-24(34-2)15-25(14-22)35-3)16-27(32)31(19)17-21-10-7-11-23(30)12-21/h4-15,26H,16-18H2,1-3H3. The molecule has 3 aromatic rings. The minimum atomic E-state index is -0.562. The number of hydrogen-bond acceptors (Lipinski definition) is 5. The lowest BCUT2D eigenvalue weighted by Crippen LogP contribution is -2.38. The Bertz CT molecular complexity index is 1270. The van der Waals surface area contributed by atoms with Gasteiger partial charge in [-0.3, -0.25) is 4.79 Å². The van der Waals surface area contributed by atoms with Gasteiger partial charge < -0.3 is 19.1 Å². The molecule has 1 aliphatic heterocycles. The Morgan fingerprint density at radius 2 is 1.61 bits per heavy atom. The molecule has 3 aromatic carbocycles. The van der Waals surface area contributed by atoms with Gasteiger partial charge in [0, 0.05) is 24.1 Å². The van der Waals surface area contributed by atoms with E-state index in [9.17, 15) is 14.0 Å². The molecule has 0 bridgehead atoms. The molecule has 0 saturated heterocycles. The van der Waals surface area contributed by atoms with Crippen LogP contribution in [0.2, 0.25) is 0 Å². The Morgan fingerprint density at radius 3 is 2.25 bits per heavy atom. The highest BCUT2D eigenvalue weighted by Crippen LogP contribution is 2.40. The number of amides is 1. The second kappa shape index (κ2) is 11.1. The Balaban J connectivity index is 1.74. The van der Waals surface area contributed by atoms with Gasteiger partial charge in [0.15, 0.2) is 0 Å². The molecule has 0 aromatic heterocycles. The van der Waals surface area contributed by atoms with E-state index in [1.165, 1.54) is 17.0 Å². The van der Waals surface area contributed by atoms with Gasteiger partial charge in [0.2, 0.25) is 5.91 Å². The van der Waals surface area contributed by atoms with Crippen LogP contribution in [0.25, 0.3) is 0 Å². The Morgan fingerprint density at radius 1 is 0.944 bits per heavy atom. The SMILES string of the molecule is COc1cc(OC)cc(C2CC(=O)N(Cc3cccc(F)c3)C(C)=C2C(=O)OCc2ccccc2)c1. The highest BCUT2D eigenvalue weighted by atomic mass is 19.1. The first-order valence-electron chi connectivity index (χ1n) is 11.6. The summed E-state index contributed by atoms with van der Waals surface area (Å²) in [5, 5.41) is 0. The molecule has 6 nitrogen and oxygen atoms in total. The van der Waals surface area contributed by atoms with E-state index in [0.717, 1.165) is 5.56 Å². The minimum absolute atomic E-state index is 0.0404. The van der Waals surface area contributed by atoms with Crippen LogP contribution in [0.4, 0.5) is 4.39 Å². The second-order valence-corrected chi connectivity index (χ2v) is 8.57. The molecule has 1 heterocycles. The number of esters is 1. The van der Waals surface area contributed by atoms with Crippen LogP contribution in [0.3, 0.4) is 0 Å². The van der Waals surface area contributed by atoms with Gasteiger partial charge in [-0.05, 0) is 47.9 Å². The van der Waals surface area contributed by atoms with Crippen molar-refractivity contribution in [1.29, 1.82) is 0 Å². The third kappa shape index (κ3) is 5.57. The number of methoxy groups -OCH3 is 2. The molecule has 36 heavy (non-hydrogen) atoms. The fraction of sp³-hybridized carbons (Fsp3) is 0.241. The topological polar surface area (TPSA) is 65.1 Å². The van der Waals surface area contributed by atoms with Crippen molar-refractivity contribution in [3.05, 3.63) is 107 Å². The van der Waals surface area contributed by atoms with Crippen LogP contribution in [-0.4, -0.2) is 31.0 Å². The number of allylic oxidation sites excluding steroid dienone is 1. The molecule has 1 aliphatic rings. The summed E-state index contributed by atoms with van der Waals surface area (Å²) in [6.45, 7) is 1.97. The zero-order valence-corrected chi connectivity index (χ0v) is 20.5. The number of ether oxygens (including phenoxy) is 3. The highest BCUT2D eigenvalue weighted by Gasteiger charge is 2.37. The normalized spacial score (nSPS) is 15.6. The maximum atomic E-state index is 13.8. The maximum absolute atomic E-state index is 13.8. The van der Waals surface area contributed by atoms with Crippen molar-refractivity contribution in [2.45, 2.75) is 32.4 Å². The van der Waals surface area contributed by atoms with Gasteiger partial charge in [-0.1, -0.05) is 42.5 Å². The predicted octanol–water partition coefficient (Wildman–Crippen LogP) is 5.38. The van der Waals surface area contributed by atoms with Gasteiger partial charge in [0.25, 0.3) is 0 Å². The summed E-state index contributed by atoms with van der Waals surface area (Å²) < 4.78 is 30.3. The number of nitrogens with zero attached hydrogens (tertiary/aromatic N) is 1. The average Bonchev–Trinajstić information content (AvgIpc) is 2.89. The van der Waals surface area contributed by atoms with Crippen LogP contribution >= 0.6 is 0 Å². The second-order valence-electron chi connectivity index (χ2n) is 8.57. The number of halogens is 1. The lowest BCUT2D eigenvalue weighted by molar-refractivity contribution is -0.141. The molecule has 0 spiro atoms. The van der Waals surface area contributed by atoms with E-state index in [-0.39, 0.29) is 31.3 Å². The summed E-state index contributed by atoms with van der Waals surface area (Å²) in [5.74, 6) is -0.540. The van der Waals surface area contributed by atoms with Gasteiger partial charge in [-0.2, -0.15) is 0 Å². The summed E-state index contributed by atoms with van der Waals surface area (Å²) in [4.78, 5) is 28.3. The molecule has 0 fully saturated rings. The lowest BCUT2D eigenvalue weighted by atomic mass is 9.83. The van der Waals surface area contributed by atoms with E-state index in [1.54, 1.807) is 51.5 Å². The predicted molar refractivity (Wildman–Crippen MR) is 133 cm³/mol. The fourth-order valence-corrected chi connectivity index (χ4v) is 4.40. The van der Waals surface area contributed by atoms with E-state index >= 15 is 0 Å². The van der Waals surface area contributed by atoms with E-state index in [0.29, 0.717) is 33.9 Å². The van der Waals surface area contributed by atoms with E-state index < -0.39 is 11.9 Å². The third-order valence-electron chi connectivity index (χ3n) is 6.26. The Hall–Kier alpha value is -4.13. The van der Waals surface area contributed by atoms with E-state index in [4.69, 9.17) is 14.2 Å². The van der Waals surface area contributed by atoms with Crippen molar-refractivity contribution < 1.29 is 28.2 Å². The molecule has 7 heteroatoms. The molecule has 0 radical (unpaired) electrons. The zero-order chi connectivity index (χ0) is 25.7. The monoisotopic (exact) mass is 489 g/mol. The smallest absolute Gasteiger partial charge is 0.336 e. The van der Waals surface area contributed by atoms with E-state index in [2.05, 4.69) is 0 Å². The first-order chi connectivity index (χ1) is 17.4. The molecular weight excluding hydrogens is 461 g/mol. The van der Waals surface area contributed by atoms with Gasteiger partial charge in [0.1, 0.15) is 23.9 Å². The van der Waals surface area contributed by atoms with Crippen LogP contribution in [0.15, 0.2) is 84.1 Å². The molecule has 0 N–H and O–H groups in total. The van der Waals surface area contributed by atoms with Crippen molar-refractivity contribution in [3.8, 4) is 11.5 Å². The van der Waals surface area contributed by atoms with Crippen LogP contribution in [0.5, 0.6) is 11.5 Å². The average molecular weight is 490 g/mol. The molecule has 1 atom stereocenters. The lowest BCUT2D eigenvalue weighted by Gasteiger charge is -2.34. The number of rotatable bonds is 8. The maximum Gasteiger partial charge on any atom is 0.336 e. The van der Waals surface area contributed by atoms with Crippen LogP contribution in [-0.2, 0) is 27.5 Å². The van der Waals surface area contributed by atoms with Crippen molar-refractivity contribution in [2.75, 3.05) is 14.2 Å². The zero-order valence-electron chi connectivity index (χ0n) is 20.5. The van der Waals surface area contributed by atoms with Crippen LogP contribution < -0.4 is 9.47 Å². The minimum Gasteiger partial charge on any atom is -0.497 e. The summed E-state index contributed by atoms with van der Waals surface area (Å²) in [5.41, 5.74) is 3.03. The van der Waals surface area contributed by atoms with Crippen LogP contribution in [0, 0.1) is 5.82 Å². The molecule has 1 unspecified atom stereocenters.